The third-order valence-corrected chi connectivity index (χ3v) is 7.13. The van der Waals surface area contributed by atoms with Gasteiger partial charge >= 0.3 is 0 Å². The zero-order chi connectivity index (χ0) is 25.1. The maximum absolute atomic E-state index is 12.8. The minimum absolute atomic E-state index is 0.0974. The SMILES string of the molecule is COc1cc([C@H](c2nnnn2C2CCCC2)N2CCN(C(=O)c3ccco3)CC2)cc(OC)c1OC. The molecule has 2 fully saturated rings. The van der Waals surface area contributed by atoms with Gasteiger partial charge in [-0.25, -0.2) is 4.68 Å². The second-order valence-corrected chi connectivity index (χ2v) is 9.09. The molecule has 0 unspecified atom stereocenters. The topological polar surface area (TPSA) is 108 Å². The second kappa shape index (κ2) is 10.6. The minimum atomic E-state index is -0.254. The average molecular weight is 497 g/mol. The Labute approximate surface area is 209 Å². The van der Waals surface area contributed by atoms with Gasteiger partial charge in [-0.1, -0.05) is 12.8 Å². The highest BCUT2D eigenvalue weighted by Crippen LogP contribution is 2.43. The molecular formula is C25H32N6O5. The van der Waals surface area contributed by atoms with Crippen LogP contribution in [-0.2, 0) is 0 Å². The van der Waals surface area contributed by atoms with Gasteiger partial charge in [-0.3, -0.25) is 9.69 Å². The van der Waals surface area contributed by atoms with Crippen molar-refractivity contribution in [2.24, 2.45) is 0 Å². The van der Waals surface area contributed by atoms with E-state index >= 15 is 0 Å². The van der Waals surface area contributed by atoms with Crippen molar-refractivity contribution in [3.63, 3.8) is 0 Å². The van der Waals surface area contributed by atoms with Crippen LogP contribution in [-0.4, -0.2) is 83.4 Å². The molecule has 3 aromatic rings. The monoisotopic (exact) mass is 496 g/mol. The number of ether oxygens (including phenoxy) is 3. The van der Waals surface area contributed by atoms with Gasteiger partial charge in [0.2, 0.25) is 5.75 Å². The number of piperazine rings is 1. The van der Waals surface area contributed by atoms with Gasteiger partial charge in [0.1, 0.15) is 0 Å². The molecule has 2 aromatic heterocycles. The third kappa shape index (κ3) is 4.50. The first kappa shape index (κ1) is 24.1. The molecule has 0 bridgehead atoms. The van der Waals surface area contributed by atoms with Gasteiger partial charge in [-0.2, -0.15) is 0 Å². The molecule has 3 heterocycles. The molecule has 1 amide bonds. The molecule has 1 saturated carbocycles. The Kier molecular flexibility index (Phi) is 7.08. The van der Waals surface area contributed by atoms with E-state index in [1.807, 2.05) is 21.7 Å². The van der Waals surface area contributed by atoms with Crippen molar-refractivity contribution in [1.29, 1.82) is 0 Å². The van der Waals surface area contributed by atoms with Crippen LogP contribution in [0.25, 0.3) is 0 Å². The number of hydrogen-bond acceptors (Lipinski definition) is 9. The molecule has 11 heteroatoms. The first-order chi connectivity index (χ1) is 17.6. The van der Waals surface area contributed by atoms with Gasteiger partial charge in [0.05, 0.1) is 39.7 Å². The Hall–Kier alpha value is -3.60. The summed E-state index contributed by atoms with van der Waals surface area (Å²) >= 11 is 0. The highest BCUT2D eigenvalue weighted by Gasteiger charge is 2.35. The molecule has 11 nitrogen and oxygen atoms in total. The van der Waals surface area contributed by atoms with Gasteiger partial charge < -0.3 is 23.5 Å². The number of amides is 1. The predicted molar refractivity (Wildman–Crippen MR) is 129 cm³/mol. The highest BCUT2D eigenvalue weighted by molar-refractivity contribution is 5.91. The van der Waals surface area contributed by atoms with Crippen LogP contribution in [0.1, 0.15) is 59.7 Å². The van der Waals surface area contributed by atoms with Crippen molar-refractivity contribution >= 4 is 5.91 Å². The first-order valence-electron chi connectivity index (χ1n) is 12.3. The molecule has 0 spiro atoms. The summed E-state index contributed by atoms with van der Waals surface area (Å²) in [5, 5.41) is 13.0. The fourth-order valence-electron chi connectivity index (χ4n) is 5.31. The van der Waals surface area contributed by atoms with Crippen LogP contribution in [0.3, 0.4) is 0 Å². The maximum Gasteiger partial charge on any atom is 0.289 e. The van der Waals surface area contributed by atoms with Gasteiger partial charge in [0.15, 0.2) is 23.1 Å². The van der Waals surface area contributed by atoms with Gasteiger partial charge in [0.25, 0.3) is 5.91 Å². The molecule has 192 valence electrons. The summed E-state index contributed by atoms with van der Waals surface area (Å²) in [4.78, 5) is 17.0. The Bertz CT molecular complexity index is 1140. The number of aromatic nitrogens is 4. The van der Waals surface area contributed by atoms with Crippen LogP contribution in [0.5, 0.6) is 17.2 Å². The van der Waals surface area contributed by atoms with Crippen LogP contribution in [0, 0.1) is 0 Å². The fourth-order valence-corrected chi connectivity index (χ4v) is 5.31. The molecule has 0 radical (unpaired) electrons. The molecule has 1 atom stereocenters. The number of hydrogen-bond donors (Lipinski definition) is 0. The zero-order valence-electron chi connectivity index (χ0n) is 20.9. The average Bonchev–Trinajstić information content (AvgIpc) is 3.71. The lowest BCUT2D eigenvalue weighted by molar-refractivity contribution is 0.0558. The van der Waals surface area contributed by atoms with Crippen molar-refractivity contribution in [2.75, 3.05) is 47.5 Å². The molecule has 1 saturated heterocycles. The predicted octanol–water partition coefficient (Wildman–Crippen LogP) is 2.95. The smallest absolute Gasteiger partial charge is 0.289 e. The lowest BCUT2D eigenvalue weighted by Crippen LogP contribution is -2.50. The number of benzene rings is 1. The Morgan fingerprint density at radius 1 is 1.03 bits per heavy atom. The molecule has 1 aliphatic heterocycles. The molecular weight excluding hydrogens is 464 g/mol. The summed E-state index contributed by atoms with van der Waals surface area (Å²) in [6.07, 6.45) is 5.99. The van der Waals surface area contributed by atoms with Gasteiger partial charge in [-0.05, 0) is 53.1 Å². The Balaban J connectivity index is 1.50. The van der Waals surface area contributed by atoms with Crippen molar-refractivity contribution in [3.8, 4) is 17.2 Å². The van der Waals surface area contributed by atoms with E-state index in [4.69, 9.17) is 18.6 Å². The summed E-state index contributed by atoms with van der Waals surface area (Å²) in [6.45, 7) is 2.41. The Morgan fingerprint density at radius 2 is 1.72 bits per heavy atom. The van der Waals surface area contributed by atoms with Crippen molar-refractivity contribution < 1.29 is 23.4 Å². The summed E-state index contributed by atoms with van der Waals surface area (Å²) < 4.78 is 24.2. The van der Waals surface area contributed by atoms with E-state index in [-0.39, 0.29) is 18.0 Å². The van der Waals surface area contributed by atoms with E-state index in [0.717, 1.165) is 24.2 Å². The van der Waals surface area contributed by atoms with Crippen molar-refractivity contribution in [2.45, 2.75) is 37.8 Å². The van der Waals surface area contributed by atoms with Gasteiger partial charge in [-0.15, -0.1) is 5.10 Å². The standard InChI is InChI=1S/C25H32N6O5/c1-33-20-15-17(16-21(34-2)23(20)35-3)22(24-26-27-28-31(24)18-7-4-5-8-18)29-10-12-30(13-11-29)25(32)19-9-6-14-36-19/h6,9,14-16,18,22H,4-5,7-8,10-13H2,1-3H3/t22-/m1/s1. The van der Waals surface area contributed by atoms with Crippen molar-refractivity contribution in [3.05, 3.63) is 47.7 Å². The van der Waals surface area contributed by atoms with Crippen LogP contribution in [0.15, 0.2) is 34.9 Å². The third-order valence-electron chi connectivity index (χ3n) is 7.13. The molecule has 2 aliphatic rings. The minimum Gasteiger partial charge on any atom is -0.493 e. The van der Waals surface area contributed by atoms with Gasteiger partial charge in [0, 0.05) is 26.2 Å². The second-order valence-electron chi connectivity index (χ2n) is 9.09. The number of methoxy groups -OCH3 is 3. The number of furan rings is 1. The van der Waals surface area contributed by atoms with Crippen LogP contribution >= 0.6 is 0 Å². The van der Waals surface area contributed by atoms with E-state index in [9.17, 15) is 4.79 Å². The highest BCUT2D eigenvalue weighted by atomic mass is 16.5. The van der Waals surface area contributed by atoms with E-state index in [1.165, 1.54) is 19.1 Å². The zero-order valence-corrected chi connectivity index (χ0v) is 20.9. The summed E-state index contributed by atoms with van der Waals surface area (Å²) in [7, 11) is 4.81. The van der Waals surface area contributed by atoms with Crippen LogP contribution in [0.4, 0.5) is 0 Å². The fraction of sp³-hybridized carbons (Fsp3) is 0.520. The Morgan fingerprint density at radius 3 is 2.31 bits per heavy atom. The summed E-state index contributed by atoms with van der Waals surface area (Å²) in [5.74, 6) is 2.72. The normalized spacial score (nSPS) is 17.8. The number of nitrogens with zero attached hydrogens (tertiary/aromatic N) is 6. The first-order valence-corrected chi connectivity index (χ1v) is 12.3. The lowest BCUT2D eigenvalue weighted by Gasteiger charge is -2.39. The van der Waals surface area contributed by atoms with Crippen LogP contribution in [0.2, 0.25) is 0 Å². The summed E-state index contributed by atoms with van der Waals surface area (Å²) in [6, 6.07) is 7.37. The molecule has 0 N–H and O–H groups in total. The van der Waals surface area contributed by atoms with E-state index in [2.05, 4.69) is 20.4 Å². The molecule has 1 aliphatic carbocycles. The van der Waals surface area contributed by atoms with E-state index in [1.54, 1.807) is 33.5 Å². The number of carbonyl (C=O) groups is 1. The van der Waals surface area contributed by atoms with Crippen LogP contribution < -0.4 is 14.2 Å². The number of carbonyl (C=O) groups excluding carboxylic acids is 1. The summed E-state index contributed by atoms with van der Waals surface area (Å²) in [5.41, 5.74) is 0.935. The van der Waals surface area contributed by atoms with E-state index < -0.39 is 0 Å². The lowest BCUT2D eigenvalue weighted by atomic mass is 10.0. The van der Waals surface area contributed by atoms with Crippen molar-refractivity contribution in [1.82, 2.24) is 30.0 Å². The largest absolute Gasteiger partial charge is 0.493 e. The van der Waals surface area contributed by atoms with E-state index in [0.29, 0.717) is 49.2 Å². The molecule has 36 heavy (non-hydrogen) atoms. The maximum atomic E-state index is 12.8. The molecule has 1 aromatic carbocycles. The quantitative estimate of drug-likeness (QED) is 0.465. The number of rotatable bonds is 8. The molecule has 5 rings (SSSR count). The number of tetrazole rings is 1.